The van der Waals surface area contributed by atoms with Crippen molar-refractivity contribution in [1.82, 2.24) is 5.32 Å². The van der Waals surface area contributed by atoms with Crippen molar-refractivity contribution in [2.24, 2.45) is 5.92 Å². The van der Waals surface area contributed by atoms with Crippen LogP contribution < -0.4 is 5.32 Å². The van der Waals surface area contributed by atoms with Crippen LogP contribution in [0.2, 0.25) is 0 Å². The zero-order valence-corrected chi connectivity index (χ0v) is 12.6. The third kappa shape index (κ3) is 3.72. The first kappa shape index (κ1) is 15.3. The third-order valence-corrected chi connectivity index (χ3v) is 3.73. The minimum atomic E-state index is -0.850. The summed E-state index contributed by atoms with van der Waals surface area (Å²) in [4.78, 5) is 23.0. The minimum absolute atomic E-state index is 0.0535. The maximum absolute atomic E-state index is 12.1. The molecular weight excluding hydrogens is 266 g/mol. The van der Waals surface area contributed by atoms with Crippen LogP contribution in [0, 0.1) is 5.92 Å². The summed E-state index contributed by atoms with van der Waals surface area (Å²) in [6, 6.07) is 7.33. The van der Waals surface area contributed by atoms with Crippen molar-refractivity contribution >= 4 is 11.9 Å². The van der Waals surface area contributed by atoms with Crippen LogP contribution in [0.15, 0.2) is 36.4 Å². The van der Waals surface area contributed by atoms with Gasteiger partial charge in [0.05, 0.1) is 5.92 Å². The monoisotopic (exact) mass is 287 g/mol. The molecule has 21 heavy (non-hydrogen) atoms. The molecule has 0 aliphatic heterocycles. The van der Waals surface area contributed by atoms with Crippen molar-refractivity contribution in [2.75, 3.05) is 0 Å². The molecule has 0 spiro atoms. The fourth-order valence-electron chi connectivity index (χ4n) is 2.36. The van der Waals surface area contributed by atoms with Crippen molar-refractivity contribution in [3.05, 3.63) is 47.5 Å². The van der Waals surface area contributed by atoms with E-state index in [-0.39, 0.29) is 17.4 Å². The molecule has 1 aromatic carbocycles. The number of amides is 1. The molecule has 112 valence electrons. The Hall–Kier alpha value is -2.10. The van der Waals surface area contributed by atoms with Gasteiger partial charge >= 0.3 is 5.97 Å². The molecule has 1 amide bonds. The van der Waals surface area contributed by atoms with Gasteiger partial charge < -0.3 is 10.4 Å². The van der Waals surface area contributed by atoms with Gasteiger partial charge in [0.15, 0.2) is 0 Å². The van der Waals surface area contributed by atoms with E-state index in [2.05, 4.69) is 26.1 Å². The van der Waals surface area contributed by atoms with Gasteiger partial charge in [-0.25, -0.2) is 0 Å². The fourth-order valence-corrected chi connectivity index (χ4v) is 2.36. The molecule has 0 radical (unpaired) electrons. The molecule has 2 unspecified atom stereocenters. The first-order valence-corrected chi connectivity index (χ1v) is 7.10. The topological polar surface area (TPSA) is 66.4 Å². The number of hydrogen-bond acceptors (Lipinski definition) is 2. The maximum atomic E-state index is 12.1. The van der Waals surface area contributed by atoms with E-state index in [0.717, 1.165) is 0 Å². The van der Waals surface area contributed by atoms with Crippen LogP contribution >= 0.6 is 0 Å². The standard InChI is InChI=1S/C17H21NO3/c1-17(2,3)13-7-4-11(5-8-13)15(19)18-14-9-6-12(10-14)16(20)21/h4-9,12,14H,10H2,1-3H3,(H,18,19)(H,20,21). The van der Waals surface area contributed by atoms with Gasteiger partial charge in [0, 0.05) is 11.6 Å². The lowest BCUT2D eigenvalue weighted by Gasteiger charge is -2.19. The molecule has 4 nitrogen and oxygen atoms in total. The van der Waals surface area contributed by atoms with Crippen LogP contribution in [0.3, 0.4) is 0 Å². The molecule has 0 saturated carbocycles. The zero-order valence-electron chi connectivity index (χ0n) is 12.6. The van der Waals surface area contributed by atoms with Gasteiger partial charge in [-0.1, -0.05) is 45.1 Å². The number of carbonyl (C=O) groups is 2. The van der Waals surface area contributed by atoms with E-state index in [4.69, 9.17) is 5.11 Å². The number of carbonyl (C=O) groups excluding carboxylic acids is 1. The molecular formula is C17H21NO3. The Labute approximate surface area is 124 Å². The predicted molar refractivity (Wildman–Crippen MR) is 81.3 cm³/mol. The highest BCUT2D eigenvalue weighted by Crippen LogP contribution is 2.22. The lowest BCUT2D eigenvalue weighted by molar-refractivity contribution is -0.140. The summed E-state index contributed by atoms with van der Waals surface area (Å²) in [6.07, 6.45) is 3.80. The second kappa shape index (κ2) is 5.72. The molecule has 2 rings (SSSR count). The Morgan fingerprint density at radius 3 is 2.24 bits per heavy atom. The van der Waals surface area contributed by atoms with Crippen LogP contribution in [0.25, 0.3) is 0 Å². The molecule has 1 aliphatic rings. The molecule has 4 heteroatoms. The van der Waals surface area contributed by atoms with Crippen molar-refractivity contribution in [1.29, 1.82) is 0 Å². The molecule has 2 N–H and O–H groups in total. The van der Waals surface area contributed by atoms with Crippen molar-refractivity contribution in [2.45, 2.75) is 38.6 Å². The second-order valence-corrected chi connectivity index (χ2v) is 6.47. The van der Waals surface area contributed by atoms with Crippen LogP contribution in [0.4, 0.5) is 0 Å². The highest BCUT2D eigenvalue weighted by molar-refractivity contribution is 5.94. The van der Waals surface area contributed by atoms with Gasteiger partial charge in [-0.05, 0) is 29.5 Å². The van der Waals surface area contributed by atoms with Gasteiger partial charge in [-0.15, -0.1) is 0 Å². The summed E-state index contributed by atoms with van der Waals surface area (Å²) in [7, 11) is 0. The zero-order chi connectivity index (χ0) is 15.6. The minimum Gasteiger partial charge on any atom is -0.481 e. The molecule has 0 aromatic heterocycles. The SMILES string of the molecule is CC(C)(C)c1ccc(C(=O)NC2C=CC(C(=O)O)C2)cc1. The van der Waals surface area contributed by atoms with Gasteiger partial charge in [0.1, 0.15) is 0 Å². The maximum Gasteiger partial charge on any atom is 0.310 e. The van der Waals surface area contributed by atoms with Gasteiger partial charge in [0.2, 0.25) is 0 Å². The number of hydrogen-bond donors (Lipinski definition) is 2. The van der Waals surface area contributed by atoms with Crippen molar-refractivity contribution < 1.29 is 14.7 Å². The molecule has 0 saturated heterocycles. The van der Waals surface area contributed by atoms with Crippen molar-refractivity contribution in [3.63, 3.8) is 0 Å². The quantitative estimate of drug-likeness (QED) is 0.840. The first-order valence-electron chi connectivity index (χ1n) is 7.10. The normalized spacial score (nSPS) is 21.3. The number of aliphatic carboxylic acids is 1. The number of rotatable bonds is 3. The largest absolute Gasteiger partial charge is 0.481 e. The summed E-state index contributed by atoms with van der Waals surface area (Å²) in [5.74, 6) is -1.52. The number of nitrogens with one attached hydrogen (secondary N) is 1. The highest BCUT2D eigenvalue weighted by Gasteiger charge is 2.25. The van der Waals surface area contributed by atoms with E-state index in [0.29, 0.717) is 12.0 Å². The van der Waals surface area contributed by atoms with E-state index >= 15 is 0 Å². The van der Waals surface area contributed by atoms with Gasteiger partial charge in [0.25, 0.3) is 5.91 Å². The number of carboxylic acid groups (broad SMARTS) is 1. The van der Waals surface area contributed by atoms with Crippen LogP contribution in [0.1, 0.15) is 43.1 Å². The van der Waals surface area contributed by atoms with Crippen molar-refractivity contribution in [3.8, 4) is 0 Å². The Bertz CT molecular complexity index is 567. The Morgan fingerprint density at radius 1 is 1.14 bits per heavy atom. The second-order valence-electron chi connectivity index (χ2n) is 6.47. The third-order valence-electron chi connectivity index (χ3n) is 3.73. The van der Waals surface area contributed by atoms with E-state index in [9.17, 15) is 9.59 Å². The predicted octanol–water partition coefficient (Wildman–Crippen LogP) is 2.74. The van der Waals surface area contributed by atoms with E-state index in [1.165, 1.54) is 5.56 Å². The summed E-state index contributed by atoms with van der Waals surface area (Å²) >= 11 is 0. The highest BCUT2D eigenvalue weighted by atomic mass is 16.4. The molecule has 0 fully saturated rings. The van der Waals surface area contributed by atoms with E-state index < -0.39 is 11.9 Å². The molecule has 0 heterocycles. The molecule has 1 aromatic rings. The molecule has 2 atom stereocenters. The molecule has 1 aliphatic carbocycles. The van der Waals surface area contributed by atoms with Gasteiger partial charge in [-0.3, -0.25) is 9.59 Å². The van der Waals surface area contributed by atoms with E-state index in [1.807, 2.05) is 24.3 Å². The Kier molecular flexibility index (Phi) is 4.16. The number of carboxylic acids is 1. The lowest BCUT2D eigenvalue weighted by Crippen LogP contribution is -2.33. The summed E-state index contributed by atoms with van der Waals surface area (Å²) in [5.41, 5.74) is 1.82. The van der Waals surface area contributed by atoms with E-state index in [1.54, 1.807) is 12.2 Å². The smallest absolute Gasteiger partial charge is 0.310 e. The summed E-state index contributed by atoms with van der Waals surface area (Å²) in [6.45, 7) is 6.37. The summed E-state index contributed by atoms with van der Waals surface area (Å²) in [5, 5.41) is 11.8. The lowest BCUT2D eigenvalue weighted by atomic mass is 9.86. The van der Waals surface area contributed by atoms with Crippen LogP contribution in [0.5, 0.6) is 0 Å². The van der Waals surface area contributed by atoms with Crippen LogP contribution in [-0.4, -0.2) is 23.0 Å². The Morgan fingerprint density at radius 2 is 1.76 bits per heavy atom. The average molecular weight is 287 g/mol. The average Bonchev–Trinajstić information content (AvgIpc) is 2.86. The Balaban J connectivity index is 1.99. The first-order chi connectivity index (χ1) is 9.77. The van der Waals surface area contributed by atoms with Gasteiger partial charge in [-0.2, -0.15) is 0 Å². The summed E-state index contributed by atoms with van der Waals surface area (Å²) < 4.78 is 0. The van der Waals surface area contributed by atoms with Crippen LogP contribution in [-0.2, 0) is 10.2 Å². The number of benzene rings is 1. The fraction of sp³-hybridized carbons (Fsp3) is 0.412. The molecule has 0 bridgehead atoms.